The Morgan fingerprint density at radius 3 is 1.85 bits per heavy atom. The van der Waals surface area contributed by atoms with Gasteiger partial charge in [0.25, 0.3) is 0 Å². The van der Waals surface area contributed by atoms with E-state index in [1.54, 1.807) is 28.3 Å². The predicted molar refractivity (Wildman–Crippen MR) is 109 cm³/mol. The second kappa shape index (κ2) is 13.2. The molecule has 144 valence electrons. The maximum Gasteiger partial charge on any atom is 0.500 e. The summed E-state index contributed by atoms with van der Waals surface area (Å²) in [4.78, 5) is 11.1. The molecule has 0 fully saturated rings. The lowest BCUT2D eigenvalue weighted by Gasteiger charge is -2.24. The van der Waals surface area contributed by atoms with E-state index in [2.05, 4.69) is 19.7 Å². The summed E-state index contributed by atoms with van der Waals surface area (Å²) in [6, 6.07) is 8.63. The molecule has 0 saturated carbocycles. The number of benzene rings is 1. The molecule has 0 amide bonds. The molecule has 0 N–H and O–H groups in total. The standard InChI is InChI=1S/C10H20O5Si.C10H10/c1-9(2)10(11)15-7-6-8-16(12-3,13-4)14-5;1-3-9-7-5-6-8-10(9)4-2/h1,6-8H2,2-5H3;3-8H,1-2H2. The highest BCUT2D eigenvalue weighted by Gasteiger charge is 2.36. The van der Waals surface area contributed by atoms with Gasteiger partial charge in [-0.3, -0.25) is 0 Å². The Balaban J connectivity index is 0.000000531. The van der Waals surface area contributed by atoms with Crippen molar-refractivity contribution in [2.45, 2.75) is 19.4 Å². The molecule has 0 aliphatic heterocycles. The van der Waals surface area contributed by atoms with Gasteiger partial charge in [0.05, 0.1) is 6.61 Å². The summed E-state index contributed by atoms with van der Waals surface area (Å²) in [5.41, 5.74) is 2.67. The van der Waals surface area contributed by atoms with Gasteiger partial charge in [0.1, 0.15) is 0 Å². The molecule has 0 radical (unpaired) electrons. The molecular formula is C20H30O5Si. The zero-order chi connectivity index (χ0) is 20.0. The average Bonchev–Trinajstić information content (AvgIpc) is 2.68. The summed E-state index contributed by atoms with van der Waals surface area (Å²) in [6.45, 7) is 12.8. The molecule has 0 aliphatic rings. The number of rotatable bonds is 10. The van der Waals surface area contributed by atoms with Crippen LogP contribution in [0.1, 0.15) is 24.5 Å². The van der Waals surface area contributed by atoms with Crippen molar-refractivity contribution in [3.63, 3.8) is 0 Å². The first-order valence-electron chi connectivity index (χ1n) is 8.21. The maximum atomic E-state index is 11.1. The average molecular weight is 379 g/mol. The highest BCUT2D eigenvalue weighted by atomic mass is 28.4. The molecule has 0 atom stereocenters. The summed E-state index contributed by atoms with van der Waals surface area (Å²) in [5, 5.41) is 0. The minimum absolute atomic E-state index is 0.316. The number of ether oxygens (including phenoxy) is 1. The lowest BCUT2D eigenvalue weighted by Crippen LogP contribution is -2.42. The number of carbonyl (C=O) groups is 1. The van der Waals surface area contributed by atoms with E-state index < -0.39 is 8.80 Å². The van der Waals surface area contributed by atoms with Gasteiger partial charge in [0.2, 0.25) is 0 Å². The number of carbonyl (C=O) groups excluding carboxylic acids is 1. The summed E-state index contributed by atoms with van der Waals surface area (Å²) >= 11 is 0. The van der Waals surface area contributed by atoms with Crippen molar-refractivity contribution in [1.82, 2.24) is 0 Å². The minimum atomic E-state index is -2.53. The molecule has 0 heterocycles. The topological polar surface area (TPSA) is 54.0 Å². The fourth-order valence-corrected chi connectivity index (χ4v) is 3.71. The molecule has 0 saturated heterocycles. The molecule has 1 aromatic rings. The molecular weight excluding hydrogens is 348 g/mol. The smallest absolute Gasteiger partial charge is 0.462 e. The Morgan fingerprint density at radius 1 is 1.04 bits per heavy atom. The second-order valence-corrected chi connectivity index (χ2v) is 8.44. The number of hydrogen-bond donors (Lipinski definition) is 0. The first kappa shape index (κ1) is 24.0. The molecule has 0 aromatic heterocycles. The van der Waals surface area contributed by atoms with E-state index in [4.69, 9.17) is 18.0 Å². The molecule has 1 rings (SSSR count). The second-order valence-electron chi connectivity index (χ2n) is 5.35. The first-order valence-corrected chi connectivity index (χ1v) is 10.1. The monoisotopic (exact) mass is 378 g/mol. The highest BCUT2D eigenvalue weighted by Crippen LogP contribution is 2.15. The van der Waals surface area contributed by atoms with Gasteiger partial charge in [-0.2, -0.15) is 0 Å². The normalized spacial score (nSPS) is 10.3. The van der Waals surface area contributed by atoms with E-state index in [0.717, 1.165) is 11.1 Å². The molecule has 26 heavy (non-hydrogen) atoms. The van der Waals surface area contributed by atoms with Crippen LogP contribution in [0.25, 0.3) is 12.2 Å². The van der Waals surface area contributed by atoms with Crippen LogP contribution in [-0.2, 0) is 22.8 Å². The van der Waals surface area contributed by atoms with Crippen molar-refractivity contribution in [1.29, 1.82) is 0 Å². The van der Waals surface area contributed by atoms with Crippen LogP contribution in [0.5, 0.6) is 0 Å². The van der Waals surface area contributed by atoms with E-state index in [1.807, 2.05) is 36.4 Å². The molecule has 0 aliphatic carbocycles. The van der Waals surface area contributed by atoms with E-state index in [-0.39, 0.29) is 5.97 Å². The summed E-state index contributed by atoms with van der Waals surface area (Å²) in [7, 11) is 2.13. The van der Waals surface area contributed by atoms with Gasteiger partial charge in [0.15, 0.2) is 0 Å². The van der Waals surface area contributed by atoms with Crippen LogP contribution in [0.3, 0.4) is 0 Å². The van der Waals surface area contributed by atoms with Gasteiger partial charge in [-0.1, -0.05) is 56.2 Å². The first-order chi connectivity index (χ1) is 12.4. The van der Waals surface area contributed by atoms with Crippen molar-refractivity contribution in [3.05, 3.63) is 60.7 Å². The third-order valence-corrected chi connectivity index (χ3v) is 6.41. The summed E-state index contributed by atoms with van der Waals surface area (Å²) in [6.07, 6.45) is 4.30. The van der Waals surface area contributed by atoms with Crippen LogP contribution in [0.2, 0.25) is 6.04 Å². The molecule has 0 spiro atoms. The van der Waals surface area contributed by atoms with Crippen molar-refractivity contribution >= 4 is 26.9 Å². The minimum Gasteiger partial charge on any atom is -0.462 e. The zero-order valence-electron chi connectivity index (χ0n) is 16.2. The van der Waals surface area contributed by atoms with E-state index in [9.17, 15) is 4.79 Å². The quantitative estimate of drug-likeness (QED) is 0.262. The Kier molecular flexibility index (Phi) is 12.2. The lowest BCUT2D eigenvalue weighted by atomic mass is 10.1. The number of esters is 1. The molecule has 1 aromatic carbocycles. The van der Waals surface area contributed by atoms with E-state index in [0.29, 0.717) is 24.6 Å². The Labute approximate surface area is 158 Å². The van der Waals surface area contributed by atoms with Crippen LogP contribution in [-0.4, -0.2) is 42.7 Å². The van der Waals surface area contributed by atoms with Crippen LogP contribution in [0, 0.1) is 0 Å². The third-order valence-electron chi connectivity index (χ3n) is 3.58. The summed E-state index contributed by atoms with van der Waals surface area (Å²) < 4.78 is 20.6. The van der Waals surface area contributed by atoms with Crippen LogP contribution in [0.15, 0.2) is 49.6 Å². The van der Waals surface area contributed by atoms with Crippen molar-refractivity contribution in [2.75, 3.05) is 27.9 Å². The van der Waals surface area contributed by atoms with E-state index >= 15 is 0 Å². The van der Waals surface area contributed by atoms with Crippen molar-refractivity contribution in [2.24, 2.45) is 0 Å². The fourth-order valence-electron chi connectivity index (χ4n) is 2.02. The maximum absolute atomic E-state index is 11.1. The summed E-state index contributed by atoms with van der Waals surface area (Å²) in [5.74, 6) is -0.375. The molecule has 6 heteroatoms. The van der Waals surface area contributed by atoms with Crippen molar-refractivity contribution < 1.29 is 22.8 Å². The van der Waals surface area contributed by atoms with Gasteiger partial charge in [0, 0.05) is 32.9 Å². The van der Waals surface area contributed by atoms with Crippen LogP contribution < -0.4 is 0 Å². The SMILES string of the molecule is C=C(C)C(=O)OCCC[Si](OC)(OC)OC.C=Cc1ccccc1C=C. The van der Waals surface area contributed by atoms with Gasteiger partial charge >= 0.3 is 14.8 Å². The molecule has 5 nitrogen and oxygen atoms in total. The van der Waals surface area contributed by atoms with E-state index in [1.165, 1.54) is 0 Å². The number of hydrogen-bond acceptors (Lipinski definition) is 5. The Bertz CT molecular complexity index is 558. The molecule has 0 bridgehead atoms. The third kappa shape index (κ3) is 8.40. The Hall–Kier alpha value is -1.99. The molecule has 0 unspecified atom stereocenters. The zero-order valence-corrected chi connectivity index (χ0v) is 17.2. The van der Waals surface area contributed by atoms with Crippen LogP contribution in [0.4, 0.5) is 0 Å². The largest absolute Gasteiger partial charge is 0.500 e. The lowest BCUT2D eigenvalue weighted by molar-refractivity contribution is -0.139. The van der Waals surface area contributed by atoms with Gasteiger partial charge in [-0.25, -0.2) is 4.79 Å². The predicted octanol–water partition coefficient (Wildman–Crippen LogP) is 4.35. The van der Waals surface area contributed by atoms with Gasteiger partial charge in [-0.05, 0) is 24.5 Å². The van der Waals surface area contributed by atoms with Crippen molar-refractivity contribution in [3.8, 4) is 0 Å². The van der Waals surface area contributed by atoms with Gasteiger partial charge in [-0.15, -0.1) is 0 Å². The van der Waals surface area contributed by atoms with Crippen LogP contribution >= 0.6 is 0 Å². The fraction of sp³-hybridized carbons (Fsp3) is 0.350. The Morgan fingerprint density at radius 2 is 1.50 bits per heavy atom. The highest BCUT2D eigenvalue weighted by molar-refractivity contribution is 6.60. The van der Waals surface area contributed by atoms with Gasteiger partial charge < -0.3 is 18.0 Å².